The summed E-state index contributed by atoms with van der Waals surface area (Å²) in [7, 11) is 0. The summed E-state index contributed by atoms with van der Waals surface area (Å²) in [4.78, 5) is 22.6. The number of carbonyl (C=O) groups excluding carboxylic acids is 1. The first-order valence-corrected chi connectivity index (χ1v) is 6.19. The number of carboxylic acids is 1. The fourth-order valence-electron chi connectivity index (χ4n) is 1.66. The van der Waals surface area contributed by atoms with Crippen molar-refractivity contribution in [3.8, 4) is 0 Å². The number of amides is 2. The van der Waals surface area contributed by atoms with Gasteiger partial charge in [0.2, 0.25) is 0 Å². The highest BCUT2D eigenvalue weighted by molar-refractivity contribution is 5.90. The lowest BCUT2D eigenvalue weighted by atomic mass is 10.0. The van der Waals surface area contributed by atoms with Crippen molar-refractivity contribution in [2.45, 2.75) is 33.7 Å². The molecule has 0 aliphatic carbocycles. The Morgan fingerprint density at radius 1 is 1.21 bits per heavy atom. The molecular formula is C14H20N2O3. The number of hydrogen-bond donors (Lipinski definition) is 3. The standard InChI is InChI=1S/C14H20N2O3/c1-8-5-6-12(9(2)7-8)16-14(19)15-11(4)10(3)13(17)18/h5-7,10-11H,1-4H3,(H,17,18)(H2,15,16,19). The predicted molar refractivity (Wildman–Crippen MR) is 74.3 cm³/mol. The molecule has 1 aromatic carbocycles. The molecule has 2 amide bonds. The summed E-state index contributed by atoms with van der Waals surface area (Å²) >= 11 is 0. The average molecular weight is 264 g/mol. The van der Waals surface area contributed by atoms with E-state index in [1.54, 1.807) is 13.8 Å². The van der Waals surface area contributed by atoms with E-state index in [2.05, 4.69) is 10.6 Å². The molecule has 2 atom stereocenters. The summed E-state index contributed by atoms with van der Waals surface area (Å²) in [5.74, 6) is -1.57. The van der Waals surface area contributed by atoms with Gasteiger partial charge in [0.05, 0.1) is 5.92 Å². The van der Waals surface area contributed by atoms with Gasteiger partial charge in [0.1, 0.15) is 0 Å². The molecule has 2 unspecified atom stereocenters. The maximum Gasteiger partial charge on any atom is 0.319 e. The molecule has 0 aliphatic heterocycles. The molecule has 0 radical (unpaired) electrons. The lowest BCUT2D eigenvalue weighted by Crippen LogP contribution is -2.42. The van der Waals surface area contributed by atoms with E-state index in [1.807, 2.05) is 32.0 Å². The van der Waals surface area contributed by atoms with E-state index in [-0.39, 0.29) is 0 Å². The maximum atomic E-state index is 11.8. The number of aliphatic carboxylic acids is 1. The minimum Gasteiger partial charge on any atom is -0.481 e. The quantitative estimate of drug-likeness (QED) is 0.782. The van der Waals surface area contributed by atoms with Crippen LogP contribution in [0.15, 0.2) is 18.2 Å². The third kappa shape index (κ3) is 4.28. The number of nitrogens with one attached hydrogen (secondary N) is 2. The number of rotatable bonds is 4. The number of urea groups is 1. The Morgan fingerprint density at radius 2 is 1.84 bits per heavy atom. The zero-order chi connectivity index (χ0) is 14.6. The molecule has 5 heteroatoms. The SMILES string of the molecule is Cc1ccc(NC(=O)NC(C)C(C)C(=O)O)c(C)c1. The molecule has 0 saturated carbocycles. The van der Waals surface area contributed by atoms with E-state index >= 15 is 0 Å². The second-order valence-electron chi connectivity index (χ2n) is 4.83. The van der Waals surface area contributed by atoms with Crippen molar-refractivity contribution >= 4 is 17.7 Å². The monoisotopic (exact) mass is 264 g/mol. The van der Waals surface area contributed by atoms with Crippen molar-refractivity contribution in [2.75, 3.05) is 5.32 Å². The van der Waals surface area contributed by atoms with Crippen LogP contribution in [0, 0.1) is 19.8 Å². The van der Waals surface area contributed by atoms with E-state index in [1.165, 1.54) is 0 Å². The van der Waals surface area contributed by atoms with Crippen molar-refractivity contribution in [1.29, 1.82) is 0 Å². The predicted octanol–water partition coefficient (Wildman–Crippen LogP) is 2.53. The summed E-state index contributed by atoms with van der Waals surface area (Å²) in [5, 5.41) is 14.2. The summed E-state index contributed by atoms with van der Waals surface area (Å²) in [5.41, 5.74) is 2.81. The highest BCUT2D eigenvalue weighted by atomic mass is 16.4. The van der Waals surface area contributed by atoms with Gasteiger partial charge in [0, 0.05) is 11.7 Å². The molecule has 0 saturated heterocycles. The third-order valence-corrected chi connectivity index (χ3v) is 3.13. The van der Waals surface area contributed by atoms with Gasteiger partial charge >= 0.3 is 12.0 Å². The fraction of sp³-hybridized carbons (Fsp3) is 0.429. The molecule has 0 spiro atoms. The Kier molecular flexibility index (Phi) is 4.92. The minimum atomic E-state index is -0.931. The minimum absolute atomic E-state index is 0.396. The highest BCUT2D eigenvalue weighted by Gasteiger charge is 2.20. The number of anilines is 1. The Morgan fingerprint density at radius 3 is 2.37 bits per heavy atom. The van der Waals surface area contributed by atoms with Crippen LogP contribution in [-0.4, -0.2) is 23.1 Å². The van der Waals surface area contributed by atoms with E-state index < -0.39 is 24.0 Å². The molecule has 0 aromatic heterocycles. The summed E-state index contributed by atoms with van der Waals surface area (Å²) in [6.07, 6.45) is 0. The van der Waals surface area contributed by atoms with Crippen LogP contribution in [0.1, 0.15) is 25.0 Å². The number of aryl methyl sites for hydroxylation is 2. The lowest BCUT2D eigenvalue weighted by molar-refractivity contribution is -0.141. The number of benzene rings is 1. The number of carbonyl (C=O) groups is 2. The largest absolute Gasteiger partial charge is 0.481 e. The molecule has 104 valence electrons. The van der Waals surface area contributed by atoms with Gasteiger partial charge in [-0.2, -0.15) is 0 Å². The topological polar surface area (TPSA) is 78.4 Å². The molecule has 1 aromatic rings. The van der Waals surface area contributed by atoms with Crippen molar-refractivity contribution in [2.24, 2.45) is 5.92 Å². The van der Waals surface area contributed by atoms with Gasteiger partial charge in [-0.1, -0.05) is 17.7 Å². The molecule has 19 heavy (non-hydrogen) atoms. The second-order valence-corrected chi connectivity index (χ2v) is 4.83. The summed E-state index contributed by atoms with van der Waals surface area (Å²) in [6, 6.07) is 4.87. The molecule has 0 bridgehead atoms. The summed E-state index contributed by atoms with van der Waals surface area (Å²) < 4.78 is 0. The van der Waals surface area contributed by atoms with Gasteiger partial charge in [0.25, 0.3) is 0 Å². The first-order valence-electron chi connectivity index (χ1n) is 6.19. The number of carboxylic acid groups (broad SMARTS) is 1. The van der Waals surface area contributed by atoms with Gasteiger partial charge in [-0.15, -0.1) is 0 Å². The van der Waals surface area contributed by atoms with Crippen LogP contribution in [0.25, 0.3) is 0 Å². The van der Waals surface area contributed by atoms with Crippen LogP contribution in [0.4, 0.5) is 10.5 Å². The second kappa shape index (κ2) is 6.22. The molecule has 0 fully saturated rings. The van der Waals surface area contributed by atoms with Gasteiger partial charge < -0.3 is 15.7 Å². The average Bonchev–Trinajstić information content (AvgIpc) is 2.31. The first kappa shape index (κ1) is 15.0. The van der Waals surface area contributed by atoms with Crippen LogP contribution >= 0.6 is 0 Å². The number of hydrogen-bond acceptors (Lipinski definition) is 2. The van der Waals surface area contributed by atoms with Crippen molar-refractivity contribution < 1.29 is 14.7 Å². The highest BCUT2D eigenvalue weighted by Crippen LogP contribution is 2.15. The molecule has 3 N–H and O–H groups in total. The van der Waals surface area contributed by atoms with Crippen molar-refractivity contribution in [1.82, 2.24) is 5.32 Å². The molecule has 0 aliphatic rings. The van der Waals surface area contributed by atoms with E-state index in [0.717, 1.165) is 16.8 Å². The lowest BCUT2D eigenvalue weighted by Gasteiger charge is -2.18. The van der Waals surface area contributed by atoms with Crippen LogP contribution < -0.4 is 10.6 Å². The maximum absolute atomic E-state index is 11.8. The van der Waals surface area contributed by atoms with Crippen LogP contribution in [0.3, 0.4) is 0 Å². The van der Waals surface area contributed by atoms with Crippen molar-refractivity contribution in [3.05, 3.63) is 29.3 Å². The molecule has 0 heterocycles. The van der Waals surface area contributed by atoms with E-state index in [9.17, 15) is 9.59 Å². The fourth-order valence-corrected chi connectivity index (χ4v) is 1.66. The van der Waals surface area contributed by atoms with Crippen LogP contribution in [-0.2, 0) is 4.79 Å². The Labute approximate surface area is 113 Å². The van der Waals surface area contributed by atoms with Gasteiger partial charge in [-0.3, -0.25) is 4.79 Å². The molecule has 5 nitrogen and oxygen atoms in total. The van der Waals surface area contributed by atoms with E-state index in [4.69, 9.17) is 5.11 Å². The smallest absolute Gasteiger partial charge is 0.319 e. The zero-order valence-corrected chi connectivity index (χ0v) is 11.7. The van der Waals surface area contributed by atoms with Crippen molar-refractivity contribution in [3.63, 3.8) is 0 Å². The molecule has 1 rings (SSSR count). The zero-order valence-electron chi connectivity index (χ0n) is 11.7. The first-order chi connectivity index (χ1) is 8.81. The Bertz CT molecular complexity index is 486. The summed E-state index contributed by atoms with van der Waals surface area (Å²) in [6.45, 7) is 7.12. The van der Waals surface area contributed by atoms with Gasteiger partial charge in [-0.25, -0.2) is 4.79 Å². The Balaban J connectivity index is 2.63. The van der Waals surface area contributed by atoms with Gasteiger partial charge in [-0.05, 0) is 39.3 Å². The van der Waals surface area contributed by atoms with Crippen LogP contribution in [0.5, 0.6) is 0 Å². The Hall–Kier alpha value is -2.04. The third-order valence-electron chi connectivity index (χ3n) is 3.13. The van der Waals surface area contributed by atoms with Crippen LogP contribution in [0.2, 0.25) is 0 Å². The normalized spacial score (nSPS) is 13.5. The molecular weight excluding hydrogens is 244 g/mol. The van der Waals surface area contributed by atoms with Gasteiger partial charge in [0.15, 0.2) is 0 Å². The van der Waals surface area contributed by atoms with E-state index in [0.29, 0.717) is 0 Å².